The SMILES string of the molecule is CCCN=C(NN)Nc1c(C)cccc1C. The van der Waals surface area contributed by atoms with E-state index in [1.165, 1.54) is 11.1 Å². The number of hydrazine groups is 1. The average Bonchev–Trinajstić information content (AvgIpc) is 2.28. The molecule has 0 saturated heterocycles. The van der Waals surface area contributed by atoms with Crippen LogP contribution >= 0.6 is 0 Å². The smallest absolute Gasteiger partial charge is 0.210 e. The molecule has 0 heterocycles. The number of nitrogens with two attached hydrogens (primary N) is 1. The van der Waals surface area contributed by atoms with Crippen LogP contribution in [0.15, 0.2) is 23.2 Å². The molecular formula is C12H20N4. The molecule has 4 heteroatoms. The lowest BCUT2D eigenvalue weighted by Gasteiger charge is -2.13. The maximum atomic E-state index is 5.42. The maximum Gasteiger partial charge on any atom is 0.210 e. The molecule has 0 bridgehead atoms. The number of anilines is 1. The summed E-state index contributed by atoms with van der Waals surface area (Å²) in [6.45, 7) is 6.96. The second kappa shape index (κ2) is 6.12. The lowest BCUT2D eigenvalue weighted by Crippen LogP contribution is -2.36. The molecule has 1 aromatic carbocycles. The van der Waals surface area contributed by atoms with E-state index in [-0.39, 0.29) is 0 Å². The van der Waals surface area contributed by atoms with E-state index in [2.05, 4.69) is 48.6 Å². The molecule has 4 nitrogen and oxygen atoms in total. The van der Waals surface area contributed by atoms with Crippen molar-refractivity contribution in [3.05, 3.63) is 29.3 Å². The second-order valence-corrected chi connectivity index (χ2v) is 3.77. The van der Waals surface area contributed by atoms with Gasteiger partial charge in [-0.05, 0) is 31.4 Å². The van der Waals surface area contributed by atoms with Crippen molar-refractivity contribution in [2.45, 2.75) is 27.2 Å². The summed E-state index contributed by atoms with van der Waals surface area (Å²) in [6, 6.07) is 6.15. The fourth-order valence-corrected chi connectivity index (χ4v) is 1.47. The van der Waals surface area contributed by atoms with Crippen LogP contribution in [0.25, 0.3) is 0 Å². The van der Waals surface area contributed by atoms with E-state index in [9.17, 15) is 0 Å². The number of nitrogens with zero attached hydrogens (tertiary/aromatic N) is 1. The normalized spacial score (nSPS) is 11.4. The van der Waals surface area contributed by atoms with Gasteiger partial charge >= 0.3 is 0 Å². The Kier molecular flexibility index (Phi) is 4.79. The first-order valence-corrected chi connectivity index (χ1v) is 5.53. The fourth-order valence-electron chi connectivity index (χ4n) is 1.47. The van der Waals surface area contributed by atoms with E-state index in [1.807, 2.05) is 6.07 Å². The number of guanidine groups is 1. The zero-order valence-electron chi connectivity index (χ0n) is 10.2. The van der Waals surface area contributed by atoms with Crippen LogP contribution in [0.5, 0.6) is 0 Å². The number of aliphatic imine (C=N–C) groups is 1. The Morgan fingerprint density at radius 3 is 2.44 bits per heavy atom. The van der Waals surface area contributed by atoms with Crippen molar-refractivity contribution in [1.29, 1.82) is 0 Å². The monoisotopic (exact) mass is 220 g/mol. The largest absolute Gasteiger partial charge is 0.325 e. The van der Waals surface area contributed by atoms with Gasteiger partial charge in [0.25, 0.3) is 0 Å². The molecule has 0 unspecified atom stereocenters. The highest BCUT2D eigenvalue weighted by molar-refractivity contribution is 5.94. The summed E-state index contributed by atoms with van der Waals surface area (Å²) < 4.78 is 0. The van der Waals surface area contributed by atoms with E-state index in [0.717, 1.165) is 18.7 Å². The quantitative estimate of drug-likeness (QED) is 0.316. The van der Waals surface area contributed by atoms with Gasteiger partial charge in [0.05, 0.1) is 0 Å². The topological polar surface area (TPSA) is 62.4 Å². The Balaban J connectivity index is 2.85. The van der Waals surface area contributed by atoms with Crippen molar-refractivity contribution in [1.82, 2.24) is 5.43 Å². The number of rotatable bonds is 3. The van der Waals surface area contributed by atoms with E-state index in [1.54, 1.807) is 0 Å². The first kappa shape index (κ1) is 12.5. The van der Waals surface area contributed by atoms with Gasteiger partial charge < -0.3 is 5.32 Å². The number of aryl methyl sites for hydroxylation is 2. The zero-order chi connectivity index (χ0) is 12.0. The summed E-state index contributed by atoms with van der Waals surface area (Å²) in [5, 5.41) is 3.21. The van der Waals surface area contributed by atoms with Crippen LogP contribution in [0.3, 0.4) is 0 Å². The zero-order valence-corrected chi connectivity index (χ0v) is 10.2. The minimum atomic E-state index is 0.610. The molecule has 0 aromatic heterocycles. The summed E-state index contributed by atoms with van der Waals surface area (Å²) >= 11 is 0. The molecule has 0 radical (unpaired) electrons. The van der Waals surface area contributed by atoms with Crippen molar-refractivity contribution < 1.29 is 0 Å². The second-order valence-electron chi connectivity index (χ2n) is 3.77. The van der Waals surface area contributed by atoms with Gasteiger partial charge in [-0.3, -0.25) is 10.4 Å². The van der Waals surface area contributed by atoms with Crippen LogP contribution in [0.4, 0.5) is 5.69 Å². The lowest BCUT2D eigenvalue weighted by molar-refractivity contribution is 0.905. The Morgan fingerprint density at radius 1 is 1.31 bits per heavy atom. The van der Waals surface area contributed by atoms with Gasteiger partial charge in [-0.25, -0.2) is 5.84 Å². The highest BCUT2D eigenvalue weighted by Gasteiger charge is 2.03. The van der Waals surface area contributed by atoms with Gasteiger partial charge in [-0.1, -0.05) is 25.1 Å². The molecule has 0 fully saturated rings. The molecule has 0 aliphatic heterocycles. The molecule has 0 atom stereocenters. The molecule has 1 rings (SSSR count). The van der Waals surface area contributed by atoms with E-state index < -0.39 is 0 Å². The van der Waals surface area contributed by atoms with Crippen molar-refractivity contribution in [3.8, 4) is 0 Å². The maximum absolute atomic E-state index is 5.42. The van der Waals surface area contributed by atoms with Crippen LogP contribution in [0.1, 0.15) is 24.5 Å². The van der Waals surface area contributed by atoms with Gasteiger partial charge in [0.15, 0.2) is 0 Å². The van der Waals surface area contributed by atoms with Crippen LogP contribution < -0.4 is 16.6 Å². The molecule has 1 aromatic rings. The average molecular weight is 220 g/mol. The first-order chi connectivity index (χ1) is 7.69. The first-order valence-electron chi connectivity index (χ1n) is 5.53. The Hall–Kier alpha value is -1.55. The van der Waals surface area contributed by atoms with Crippen LogP contribution in [-0.2, 0) is 0 Å². The molecule has 0 amide bonds. The van der Waals surface area contributed by atoms with Crippen molar-refractivity contribution in [2.24, 2.45) is 10.8 Å². The highest BCUT2D eigenvalue weighted by atomic mass is 15.3. The van der Waals surface area contributed by atoms with Crippen LogP contribution in [0.2, 0.25) is 0 Å². The summed E-state index contributed by atoms with van der Waals surface area (Å²) in [7, 11) is 0. The number of hydrogen-bond acceptors (Lipinski definition) is 2. The third-order valence-electron chi connectivity index (χ3n) is 2.35. The van der Waals surface area contributed by atoms with Crippen molar-refractivity contribution in [2.75, 3.05) is 11.9 Å². The molecule has 88 valence electrons. The molecule has 0 aliphatic carbocycles. The Morgan fingerprint density at radius 2 is 1.94 bits per heavy atom. The van der Waals surface area contributed by atoms with E-state index in [0.29, 0.717) is 5.96 Å². The standard InChI is InChI=1S/C12H20N4/c1-4-8-14-12(16-13)15-11-9(2)6-5-7-10(11)3/h5-7H,4,8,13H2,1-3H3,(H2,14,15,16). The third kappa shape index (κ3) is 3.24. The summed E-state index contributed by atoms with van der Waals surface area (Å²) in [5.41, 5.74) is 6.00. The predicted molar refractivity (Wildman–Crippen MR) is 69.5 cm³/mol. The minimum Gasteiger partial charge on any atom is -0.325 e. The van der Waals surface area contributed by atoms with Crippen LogP contribution in [0, 0.1) is 13.8 Å². The van der Waals surface area contributed by atoms with Crippen molar-refractivity contribution >= 4 is 11.6 Å². The van der Waals surface area contributed by atoms with Gasteiger partial charge in [0.2, 0.25) is 5.96 Å². The lowest BCUT2D eigenvalue weighted by atomic mass is 10.1. The van der Waals surface area contributed by atoms with E-state index in [4.69, 9.17) is 5.84 Å². The van der Waals surface area contributed by atoms with Gasteiger partial charge in [0, 0.05) is 12.2 Å². The predicted octanol–water partition coefficient (Wildman–Crippen LogP) is 1.94. The highest BCUT2D eigenvalue weighted by Crippen LogP contribution is 2.18. The minimum absolute atomic E-state index is 0.610. The van der Waals surface area contributed by atoms with Gasteiger partial charge in [-0.15, -0.1) is 0 Å². The molecule has 0 spiro atoms. The molecule has 0 saturated carbocycles. The Bertz CT molecular complexity index is 351. The van der Waals surface area contributed by atoms with E-state index >= 15 is 0 Å². The van der Waals surface area contributed by atoms with Crippen molar-refractivity contribution in [3.63, 3.8) is 0 Å². The summed E-state index contributed by atoms with van der Waals surface area (Å²) in [6.07, 6.45) is 1.000. The number of nitrogens with one attached hydrogen (secondary N) is 2. The fraction of sp³-hybridized carbons (Fsp3) is 0.417. The molecule has 0 aliphatic rings. The molecule has 16 heavy (non-hydrogen) atoms. The number of benzene rings is 1. The summed E-state index contributed by atoms with van der Waals surface area (Å²) in [5.74, 6) is 6.03. The Labute approximate surface area is 96.9 Å². The third-order valence-corrected chi connectivity index (χ3v) is 2.35. The number of hydrogen-bond donors (Lipinski definition) is 3. The van der Waals surface area contributed by atoms with Gasteiger partial charge in [0.1, 0.15) is 0 Å². The number of para-hydroxylation sites is 1. The molecule has 4 N–H and O–H groups in total. The van der Waals surface area contributed by atoms with Crippen LogP contribution in [-0.4, -0.2) is 12.5 Å². The van der Waals surface area contributed by atoms with Gasteiger partial charge in [-0.2, -0.15) is 0 Å². The summed E-state index contributed by atoms with van der Waals surface area (Å²) in [4.78, 5) is 4.31. The molecular weight excluding hydrogens is 200 g/mol.